The Labute approximate surface area is 259 Å². The zero-order chi connectivity index (χ0) is 31.4. The molecule has 1 saturated carbocycles. The number of esters is 4. The minimum absolute atomic E-state index is 0.0921. The van der Waals surface area contributed by atoms with Gasteiger partial charge in [-0.05, 0) is 24.5 Å². The summed E-state index contributed by atoms with van der Waals surface area (Å²) >= 11 is 0. The number of carbonyl (C=O) groups is 4. The van der Waals surface area contributed by atoms with Crippen LogP contribution in [0.4, 0.5) is 4.39 Å². The van der Waals surface area contributed by atoms with Crippen molar-refractivity contribution in [3.05, 3.63) is 95.8 Å². The lowest BCUT2D eigenvalue weighted by atomic mass is 9.91. The molecule has 1 aliphatic carbocycles. The Morgan fingerprint density at radius 3 is 1.89 bits per heavy atom. The molecule has 0 radical (unpaired) electrons. The molecule has 1 atom stereocenters. The van der Waals surface area contributed by atoms with Gasteiger partial charge in [-0.2, -0.15) is 0 Å². The number of hydrogen-bond acceptors (Lipinski definition) is 11. The number of benzene rings is 2. The fourth-order valence-electron chi connectivity index (χ4n) is 6.47. The van der Waals surface area contributed by atoms with Crippen molar-refractivity contribution in [2.24, 2.45) is 0 Å². The van der Waals surface area contributed by atoms with Crippen LogP contribution < -0.4 is 0 Å². The van der Waals surface area contributed by atoms with E-state index in [-0.39, 0.29) is 32.3 Å². The predicted molar refractivity (Wildman–Crippen MR) is 154 cm³/mol. The second kappa shape index (κ2) is 12.9. The summed E-state index contributed by atoms with van der Waals surface area (Å²) in [6, 6.07) is 14.1. The minimum Gasteiger partial charge on any atom is -0.397 e. The van der Waals surface area contributed by atoms with Crippen LogP contribution in [0.2, 0.25) is 0 Å². The summed E-state index contributed by atoms with van der Waals surface area (Å²) in [5, 5.41) is 0. The molecule has 4 aliphatic rings. The first-order valence-corrected chi connectivity index (χ1v) is 15.0. The van der Waals surface area contributed by atoms with E-state index in [1.165, 1.54) is 11.0 Å². The van der Waals surface area contributed by atoms with E-state index in [1.54, 1.807) is 47.4 Å². The van der Waals surface area contributed by atoms with Crippen LogP contribution >= 0.6 is 0 Å². The minimum atomic E-state index is -2.61. The predicted octanol–water partition coefficient (Wildman–Crippen LogP) is 3.65. The lowest BCUT2D eigenvalue weighted by Gasteiger charge is -2.59. The summed E-state index contributed by atoms with van der Waals surface area (Å²) in [4.78, 5) is 56.0. The van der Waals surface area contributed by atoms with E-state index in [4.69, 9.17) is 23.7 Å². The highest BCUT2D eigenvalue weighted by atomic mass is 19.1. The third-order valence-corrected chi connectivity index (χ3v) is 8.47. The number of piperazine rings is 1. The van der Waals surface area contributed by atoms with Gasteiger partial charge in [0.15, 0.2) is 0 Å². The van der Waals surface area contributed by atoms with Gasteiger partial charge in [-0.25, -0.2) is 33.4 Å². The highest BCUT2D eigenvalue weighted by Crippen LogP contribution is 2.49. The molecule has 45 heavy (non-hydrogen) atoms. The molecule has 236 valence electrons. The van der Waals surface area contributed by atoms with E-state index < -0.39 is 47.6 Å². The summed E-state index contributed by atoms with van der Waals surface area (Å²) in [6.07, 6.45) is 7.70. The second-order valence-electron chi connectivity index (χ2n) is 11.2. The summed E-state index contributed by atoms with van der Waals surface area (Å²) in [5.74, 6) is -9.47. The van der Waals surface area contributed by atoms with E-state index in [1.807, 2.05) is 6.07 Å². The van der Waals surface area contributed by atoms with Crippen molar-refractivity contribution in [2.75, 3.05) is 19.7 Å². The fraction of sp³-hybridized carbons (Fsp3) is 0.394. The van der Waals surface area contributed by atoms with E-state index >= 15 is 0 Å². The monoisotopic (exact) mass is 620 g/mol. The van der Waals surface area contributed by atoms with Crippen molar-refractivity contribution < 1.29 is 47.3 Å². The molecular weight excluding hydrogens is 587 g/mol. The fourth-order valence-corrected chi connectivity index (χ4v) is 6.47. The van der Waals surface area contributed by atoms with Crippen LogP contribution in [0, 0.1) is 5.82 Å². The van der Waals surface area contributed by atoms with E-state index in [0.29, 0.717) is 24.0 Å². The van der Waals surface area contributed by atoms with E-state index in [0.717, 1.165) is 43.6 Å². The number of nitrogens with zero attached hydrogens (tertiary/aromatic N) is 2. The van der Waals surface area contributed by atoms with Crippen LogP contribution in [0.15, 0.2) is 78.9 Å². The van der Waals surface area contributed by atoms with Gasteiger partial charge in [0.2, 0.25) is 0 Å². The maximum atomic E-state index is 14.5. The lowest BCUT2D eigenvalue weighted by Crippen LogP contribution is -2.82. The molecule has 2 spiro atoms. The Hall–Kier alpha value is -4.39. The Bertz CT molecular complexity index is 1460. The normalized spacial score (nSPS) is 22.7. The zero-order valence-corrected chi connectivity index (χ0v) is 24.5. The van der Waals surface area contributed by atoms with Gasteiger partial charge in [0.05, 0.1) is 19.3 Å². The van der Waals surface area contributed by atoms with Crippen LogP contribution in [-0.4, -0.2) is 71.2 Å². The zero-order valence-electron chi connectivity index (χ0n) is 24.5. The van der Waals surface area contributed by atoms with Gasteiger partial charge in [-0.15, -0.1) is 0 Å². The average Bonchev–Trinajstić information content (AvgIpc) is 3.30. The summed E-state index contributed by atoms with van der Waals surface area (Å²) in [7, 11) is 0. The van der Waals surface area contributed by atoms with Gasteiger partial charge in [0.1, 0.15) is 5.82 Å². The third kappa shape index (κ3) is 6.00. The third-order valence-electron chi connectivity index (χ3n) is 8.47. The summed E-state index contributed by atoms with van der Waals surface area (Å²) in [5.41, 5.74) is 0.979. The molecule has 0 unspecified atom stereocenters. The van der Waals surface area contributed by atoms with Crippen molar-refractivity contribution in [1.29, 1.82) is 0 Å². The van der Waals surface area contributed by atoms with E-state index in [9.17, 15) is 23.6 Å². The van der Waals surface area contributed by atoms with Gasteiger partial charge >= 0.3 is 35.7 Å². The largest absolute Gasteiger partial charge is 0.420 e. The van der Waals surface area contributed by atoms with Crippen molar-refractivity contribution in [2.45, 2.75) is 62.6 Å². The molecule has 6 rings (SSSR count). The van der Waals surface area contributed by atoms with Gasteiger partial charge in [0, 0.05) is 49.0 Å². The van der Waals surface area contributed by atoms with Crippen molar-refractivity contribution in [3.63, 3.8) is 0 Å². The van der Waals surface area contributed by atoms with Gasteiger partial charge in [-0.3, -0.25) is 0 Å². The SMILES string of the molecule is O=C1C=CC(=O)OC2(O1)N(C1CCCCC1)CCN([C@@H](COCc1ccccc1F)c1ccccc1)C21OC(=O)C=CC(=O)O1. The summed E-state index contributed by atoms with van der Waals surface area (Å²) < 4.78 is 44.4. The molecule has 1 saturated heterocycles. The Kier molecular flexibility index (Phi) is 8.79. The molecule has 3 aliphatic heterocycles. The van der Waals surface area contributed by atoms with Crippen molar-refractivity contribution in [3.8, 4) is 0 Å². The topological polar surface area (TPSA) is 121 Å². The van der Waals surface area contributed by atoms with Crippen LogP contribution in [0.5, 0.6) is 0 Å². The molecule has 0 aromatic heterocycles. The number of fused-ring (bicyclic) bond motifs is 1. The molecular formula is C33H33FN2O9. The molecule has 2 fully saturated rings. The maximum absolute atomic E-state index is 14.5. The number of carbonyl (C=O) groups excluding carboxylic acids is 4. The maximum Gasteiger partial charge on any atom is 0.420 e. The molecule has 2 aromatic rings. The quantitative estimate of drug-likeness (QED) is 0.422. The standard InChI is InChI=1S/C33H33FN2O9/c34-26-14-8-7-11-24(26)21-41-22-27(23-9-3-1-4-10-23)36-20-19-35(25-12-5-2-6-13-25)32(42-28(37)15-16-29(38)43-32)33(36)44-30(39)17-18-31(40)45-33/h1,3-4,7-11,14-18,25,27H,2,5-6,12-13,19-22H2/t27-/m0/s1. The van der Waals surface area contributed by atoms with Crippen LogP contribution in [0.3, 0.4) is 0 Å². The average molecular weight is 621 g/mol. The molecule has 3 heterocycles. The van der Waals surface area contributed by atoms with Crippen molar-refractivity contribution in [1.82, 2.24) is 9.80 Å². The smallest absolute Gasteiger partial charge is 0.397 e. The first kappa shape index (κ1) is 30.6. The number of hydrogen-bond donors (Lipinski definition) is 0. The first-order chi connectivity index (χ1) is 21.8. The Balaban J connectivity index is 1.49. The van der Waals surface area contributed by atoms with E-state index in [2.05, 4.69) is 0 Å². The summed E-state index contributed by atoms with van der Waals surface area (Å²) in [6.45, 7) is 0.0730. The number of rotatable bonds is 7. The first-order valence-electron chi connectivity index (χ1n) is 15.0. The Morgan fingerprint density at radius 2 is 1.29 bits per heavy atom. The van der Waals surface area contributed by atoms with Crippen LogP contribution in [-0.2, 0) is 49.5 Å². The van der Waals surface area contributed by atoms with Crippen LogP contribution in [0.25, 0.3) is 0 Å². The van der Waals surface area contributed by atoms with Gasteiger partial charge < -0.3 is 23.7 Å². The molecule has 0 amide bonds. The molecule has 0 N–H and O–H groups in total. The number of halogens is 1. The highest BCUT2D eigenvalue weighted by molar-refractivity contribution is 5.95. The van der Waals surface area contributed by atoms with Gasteiger partial charge in [-0.1, -0.05) is 67.8 Å². The van der Waals surface area contributed by atoms with Gasteiger partial charge in [0.25, 0.3) is 0 Å². The van der Waals surface area contributed by atoms with Crippen LogP contribution in [0.1, 0.15) is 49.3 Å². The van der Waals surface area contributed by atoms with Crippen molar-refractivity contribution >= 4 is 23.9 Å². The molecule has 11 nitrogen and oxygen atoms in total. The number of ether oxygens (including phenoxy) is 5. The Morgan fingerprint density at radius 1 is 0.733 bits per heavy atom. The molecule has 0 bridgehead atoms. The second-order valence-corrected chi connectivity index (χ2v) is 11.2. The highest BCUT2D eigenvalue weighted by Gasteiger charge is 2.76. The molecule has 2 aromatic carbocycles. The lowest BCUT2D eigenvalue weighted by molar-refractivity contribution is -0.473. The molecule has 12 heteroatoms.